The third kappa shape index (κ3) is 3.51. The van der Waals surface area contributed by atoms with E-state index in [1.54, 1.807) is 0 Å². The Morgan fingerprint density at radius 2 is 2.38 bits per heavy atom. The van der Waals surface area contributed by atoms with E-state index in [2.05, 4.69) is 36.0 Å². The molecule has 0 saturated heterocycles. The Morgan fingerprint density at radius 3 is 2.94 bits per heavy atom. The first kappa shape index (κ1) is 12.5. The Bertz CT molecular complexity index is 293. The lowest BCUT2D eigenvalue weighted by Crippen LogP contribution is -2.25. The maximum atomic E-state index is 3.75. The van der Waals surface area contributed by atoms with E-state index in [-0.39, 0.29) is 0 Å². The fraction of sp³-hybridized carbons (Fsp3) is 0.692. The molecule has 1 aromatic heterocycles. The van der Waals surface area contributed by atoms with Gasteiger partial charge in [-0.15, -0.1) is 11.3 Å². The first-order valence-electron chi connectivity index (χ1n) is 6.11. The molecular weight excluding hydrogens is 234 g/mol. The number of thioether (sulfide) groups is 1. The van der Waals surface area contributed by atoms with Crippen LogP contribution in [0.2, 0.25) is 0 Å². The van der Waals surface area contributed by atoms with Gasteiger partial charge in [-0.3, -0.25) is 0 Å². The molecule has 0 aromatic carbocycles. The molecule has 1 fully saturated rings. The monoisotopic (exact) mass is 255 g/mol. The van der Waals surface area contributed by atoms with Crippen molar-refractivity contribution >= 4 is 23.1 Å². The van der Waals surface area contributed by atoms with E-state index < -0.39 is 0 Å². The van der Waals surface area contributed by atoms with Gasteiger partial charge in [0, 0.05) is 16.2 Å². The molecular formula is C13H21NS2. The molecule has 2 rings (SSSR count). The van der Waals surface area contributed by atoms with Crippen LogP contribution in [0.3, 0.4) is 0 Å². The van der Waals surface area contributed by atoms with Crippen molar-refractivity contribution in [3.05, 3.63) is 22.4 Å². The molecule has 1 heterocycles. The van der Waals surface area contributed by atoms with Crippen molar-refractivity contribution in [2.45, 2.75) is 37.5 Å². The third-order valence-electron chi connectivity index (χ3n) is 3.26. The zero-order valence-electron chi connectivity index (χ0n) is 10.1. The average molecular weight is 255 g/mol. The lowest BCUT2D eigenvalue weighted by Gasteiger charge is -2.18. The van der Waals surface area contributed by atoms with Crippen molar-refractivity contribution in [3.63, 3.8) is 0 Å². The summed E-state index contributed by atoms with van der Waals surface area (Å²) in [5.74, 6) is 0.906. The zero-order chi connectivity index (χ0) is 11.4. The number of thiophene rings is 1. The lowest BCUT2D eigenvalue weighted by atomic mass is 10.1. The highest BCUT2D eigenvalue weighted by molar-refractivity contribution is 7.99. The third-order valence-corrected chi connectivity index (χ3v) is 5.26. The second-order valence-electron chi connectivity index (χ2n) is 4.62. The van der Waals surface area contributed by atoms with E-state index in [1.165, 1.54) is 24.1 Å². The van der Waals surface area contributed by atoms with Crippen LogP contribution in [0, 0.1) is 5.92 Å². The van der Waals surface area contributed by atoms with Crippen LogP contribution in [-0.2, 0) is 0 Å². The van der Waals surface area contributed by atoms with Crippen LogP contribution in [0.1, 0.15) is 37.1 Å². The van der Waals surface area contributed by atoms with Gasteiger partial charge in [0.15, 0.2) is 0 Å². The summed E-state index contributed by atoms with van der Waals surface area (Å²) in [5.41, 5.74) is 0. The SMILES string of the molecule is CSC(C)CCNC(c1cccs1)C1CC1. The largest absolute Gasteiger partial charge is 0.309 e. The highest BCUT2D eigenvalue weighted by Crippen LogP contribution is 2.42. The summed E-state index contributed by atoms with van der Waals surface area (Å²) in [5, 5.41) is 6.71. The summed E-state index contributed by atoms with van der Waals surface area (Å²) in [6, 6.07) is 5.08. The summed E-state index contributed by atoms with van der Waals surface area (Å²) < 4.78 is 0. The molecule has 0 spiro atoms. The maximum absolute atomic E-state index is 3.75. The fourth-order valence-electron chi connectivity index (χ4n) is 1.96. The molecule has 2 unspecified atom stereocenters. The van der Waals surface area contributed by atoms with Crippen molar-refractivity contribution in [1.82, 2.24) is 5.32 Å². The highest BCUT2D eigenvalue weighted by atomic mass is 32.2. The first-order valence-corrected chi connectivity index (χ1v) is 8.27. The molecule has 1 aromatic rings. The van der Waals surface area contributed by atoms with Crippen molar-refractivity contribution in [1.29, 1.82) is 0 Å². The summed E-state index contributed by atoms with van der Waals surface area (Å²) in [7, 11) is 0. The average Bonchev–Trinajstić information content (AvgIpc) is 2.99. The van der Waals surface area contributed by atoms with Gasteiger partial charge in [-0.25, -0.2) is 0 Å². The van der Waals surface area contributed by atoms with Crippen LogP contribution in [0.5, 0.6) is 0 Å². The fourth-order valence-corrected chi connectivity index (χ4v) is 3.20. The van der Waals surface area contributed by atoms with E-state index in [9.17, 15) is 0 Å². The minimum absolute atomic E-state index is 0.633. The van der Waals surface area contributed by atoms with Gasteiger partial charge in [0.05, 0.1) is 0 Å². The number of hydrogen-bond donors (Lipinski definition) is 1. The van der Waals surface area contributed by atoms with Gasteiger partial charge < -0.3 is 5.32 Å². The molecule has 0 aliphatic heterocycles. The first-order chi connectivity index (χ1) is 7.81. The molecule has 0 amide bonds. The standard InChI is InChI=1S/C13H21NS2/c1-10(15-2)7-8-14-13(11-5-6-11)12-4-3-9-16-12/h3-4,9-11,13-14H,5-8H2,1-2H3. The van der Waals surface area contributed by atoms with Crippen molar-refractivity contribution in [2.75, 3.05) is 12.8 Å². The molecule has 2 atom stereocenters. The lowest BCUT2D eigenvalue weighted by molar-refractivity contribution is 0.482. The van der Waals surface area contributed by atoms with E-state index in [0.29, 0.717) is 6.04 Å². The predicted octanol–water partition coefficient (Wildman–Crippen LogP) is 3.93. The molecule has 1 aliphatic rings. The highest BCUT2D eigenvalue weighted by Gasteiger charge is 2.32. The molecule has 90 valence electrons. The van der Waals surface area contributed by atoms with E-state index in [0.717, 1.165) is 17.7 Å². The number of hydrogen-bond acceptors (Lipinski definition) is 3. The van der Waals surface area contributed by atoms with Gasteiger partial charge in [0.1, 0.15) is 0 Å². The Kier molecular flexibility index (Phi) is 4.74. The van der Waals surface area contributed by atoms with E-state index >= 15 is 0 Å². The van der Waals surface area contributed by atoms with Crippen LogP contribution >= 0.6 is 23.1 Å². The van der Waals surface area contributed by atoms with Gasteiger partial charge in [-0.1, -0.05) is 13.0 Å². The topological polar surface area (TPSA) is 12.0 Å². The molecule has 1 saturated carbocycles. The van der Waals surface area contributed by atoms with Crippen LogP contribution < -0.4 is 5.32 Å². The van der Waals surface area contributed by atoms with Gasteiger partial charge >= 0.3 is 0 Å². The van der Waals surface area contributed by atoms with Crippen molar-refractivity contribution in [3.8, 4) is 0 Å². The van der Waals surface area contributed by atoms with Gasteiger partial charge in [-0.2, -0.15) is 11.8 Å². The summed E-state index contributed by atoms with van der Waals surface area (Å²) >= 11 is 3.86. The van der Waals surface area contributed by atoms with Crippen molar-refractivity contribution < 1.29 is 0 Å². The van der Waals surface area contributed by atoms with E-state index in [1.807, 2.05) is 23.1 Å². The smallest absolute Gasteiger partial charge is 0.0443 e. The molecule has 1 nitrogen and oxygen atoms in total. The normalized spacial score (nSPS) is 19.6. The van der Waals surface area contributed by atoms with Crippen LogP contribution in [-0.4, -0.2) is 18.1 Å². The minimum Gasteiger partial charge on any atom is -0.309 e. The Morgan fingerprint density at radius 1 is 1.56 bits per heavy atom. The summed E-state index contributed by atoms with van der Waals surface area (Å²) in [6.07, 6.45) is 6.29. The van der Waals surface area contributed by atoms with Gasteiger partial charge in [0.2, 0.25) is 0 Å². The second-order valence-corrected chi connectivity index (χ2v) is 6.88. The Hall–Kier alpha value is 0.01000. The molecule has 1 N–H and O–H groups in total. The number of rotatable bonds is 7. The predicted molar refractivity (Wildman–Crippen MR) is 75.4 cm³/mol. The van der Waals surface area contributed by atoms with Gasteiger partial charge in [-0.05, 0) is 49.4 Å². The molecule has 1 aliphatic carbocycles. The van der Waals surface area contributed by atoms with Crippen LogP contribution in [0.15, 0.2) is 17.5 Å². The van der Waals surface area contributed by atoms with Crippen LogP contribution in [0.4, 0.5) is 0 Å². The molecule has 0 bridgehead atoms. The minimum atomic E-state index is 0.633. The van der Waals surface area contributed by atoms with Crippen molar-refractivity contribution in [2.24, 2.45) is 5.92 Å². The van der Waals surface area contributed by atoms with Gasteiger partial charge in [0.25, 0.3) is 0 Å². The molecule has 16 heavy (non-hydrogen) atoms. The number of nitrogens with one attached hydrogen (secondary N) is 1. The maximum Gasteiger partial charge on any atom is 0.0443 e. The Labute approximate surface area is 107 Å². The zero-order valence-corrected chi connectivity index (χ0v) is 11.7. The molecule has 3 heteroatoms. The van der Waals surface area contributed by atoms with Crippen LogP contribution in [0.25, 0.3) is 0 Å². The van der Waals surface area contributed by atoms with E-state index in [4.69, 9.17) is 0 Å². The quantitative estimate of drug-likeness (QED) is 0.792. The summed E-state index contributed by atoms with van der Waals surface area (Å²) in [6.45, 7) is 3.46. The summed E-state index contributed by atoms with van der Waals surface area (Å²) in [4.78, 5) is 1.53. The molecule has 0 radical (unpaired) electrons. The second kappa shape index (κ2) is 6.08. The Balaban J connectivity index is 1.80.